The van der Waals surface area contributed by atoms with Crippen molar-refractivity contribution < 1.29 is 4.79 Å². The molecule has 0 aromatic carbocycles. The number of halogens is 1. The summed E-state index contributed by atoms with van der Waals surface area (Å²) in [4.78, 5) is 16.3. The van der Waals surface area contributed by atoms with E-state index in [4.69, 9.17) is 0 Å². The standard InChI is InChI=1S/C12H18BrN3O/c1-5-14-10-9(6-8(13)7-15-10)11(17)16-12(2,3)4/h6-7H,5H2,1-4H3,(H,14,15)(H,16,17). The number of hydrogen-bond acceptors (Lipinski definition) is 3. The highest BCUT2D eigenvalue weighted by Gasteiger charge is 2.18. The van der Waals surface area contributed by atoms with E-state index < -0.39 is 0 Å². The van der Waals surface area contributed by atoms with Crippen molar-refractivity contribution in [1.29, 1.82) is 0 Å². The van der Waals surface area contributed by atoms with Crippen molar-refractivity contribution in [3.8, 4) is 0 Å². The van der Waals surface area contributed by atoms with Gasteiger partial charge in [0.1, 0.15) is 5.82 Å². The molecular weight excluding hydrogens is 282 g/mol. The Labute approximate surface area is 110 Å². The van der Waals surface area contributed by atoms with E-state index in [0.29, 0.717) is 11.4 Å². The molecule has 17 heavy (non-hydrogen) atoms. The Kier molecular flexibility index (Phi) is 4.51. The third kappa shape index (κ3) is 4.34. The molecule has 1 aromatic rings. The summed E-state index contributed by atoms with van der Waals surface area (Å²) in [6.07, 6.45) is 1.67. The van der Waals surface area contributed by atoms with Gasteiger partial charge in [-0.1, -0.05) is 0 Å². The summed E-state index contributed by atoms with van der Waals surface area (Å²) in [5.41, 5.74) is 0.291. The fourth-order valence-electron chi connectivity index (χ4n) is 1.33. The first-order valence-corrected chi connectivity index (χ1v) is 6.34. The van der Waals surface area contributed by atoms with Gasteiger partial charge in [0.05, 0.1) is 5.56 Å². The highest BCUT2D eigenvalue weighted by Crippen LogP contribution is 2.18. The molecule has 5 heteroatoms. The van der Waals surface area contributed by atoms with Gasteiger partial charge in [-0.2, -0.15) is 0 Å². The third-order valence-corrected chi connectivity index (χ3v) is 2.37. The molecule has 94 valence electrons. The second kappa shape index (κ2) is 5.49. The Hall–Kier alpha value is -1.10. The van der Waals surface area contributed by atoms with Gasteiger partial charge in [-0.05, 0) is 49.7 Å². The molecule has 0 spiro atoms. The van der Waals surface area contributed by atoms with Crippen LogP contribution in [0, 0.1) is 0 Å². The summed E-state index contributed by atoms with van der Waals surface area (Å²) < 4.78 is 0.790. The Bertz CT molecular complexity index is 413. The number of rotatable bonds is 3. The van der Waals surface area contributed by atoms with Gasteiger partial charge in [0.2, 0.25) is 0 Å². The Balaban J connectivity index is 3.02. The fraction of sp³-hybridized carbons (Fsp3) is 0.500. The molecule has 0 fully saturated rings. The highest BCUT2D eigenvalue weighted by atomic mass is 79.9. The molecule has 4 nitrogen and oxygen atoms in total. The minimum Gasteiger partial charge on any atom is -0.370 e. The number of nitrogens with zero attached hydrogens (tertiary/aromatic N) is 1. The van der Waals surface area contributed by atoms with Gasteiger partial charge < -0.3 is 10.6 Å². The maximum absolute atomic E-state index is 12.1. The first-order valence-electron chi connectivity index (χ1n) is 5.55. The molecule has 0 bridgehead atoms. The van der Waals surface area contributed by atoms with Crippen LogP contribution in [-0.4, -0.2) is 23.0 Å². The van der Waals surface area contributed by atoms with Crippen molar-refractivity contribution in [2.45, 2.75) is 33.2 Å². The maximum Gasteiger partial charge on any atom is 0.255 e. The lowest BCUT2D eigenvalue weighted by molar-refractivity contribution is 0.0920. The minimum atomic E-state index is -0.261. The van der Waals surface area contributed by atoms with E-state index in [1.54, 1.807) is 12.3 Å². The summed E-state index contributed by atoms with van der Waals surface area (Å²) >= 11 is 3.33. The van der Waals surface area contributed by atoms with Gasteiger partial charge in [0.15, 0.2) is 0 Å². The SMILES string of the molecule is CCNc1ncc(Br)cc1C(=O)NC(C)(C)C. The number of nitrogens with one attached hydrogen (secondary N) is 2. The lowest BCUT2D eigenvalue weighted by Crippen LogP contribution is -2.40. The van der Waals surface area contributed by atoms with Crippen molar-refractivity contribution in [1.82, 2.24) is 10.3 Å². The van der Waals surface area contributed by atoms with Crippen molar-refractivity contribution in [2.24, 2.45) is 0 Å². The number of carbonyl (C=O) groups is 1. The molecule has 0 aliphatic rings. The van der Waals surface area contributed by atoms with Crippen LogP contribution in [-0.2, 0) is 0 Å². The van der Waals surface area contributed by atoms with Gasteiger partial charge in [-0.15, -0.1) is 0 Å². The van der Waals surface area contributed by atoms with Crippen molar-refractivity contribution in [3.63, 3.8) is 0 Å². The summed E-state index contributed by atoms with van der Waals surface area (Å²) in [5.74, 6) is 0.486. The summed E-state index contributed by atoms with van der Waals surface area (Å²) in [6, 6.07) is 1.77. The van der Waals surface area contributed by atoms with Gasteiger partial charge in [-0.25, -0.2) is 4.98 Å². The molecule has 2 N–H and O–H groups in total. The van der Waals surface area contributed by atoms with E-state index >= 15 is 0 Å². The molecule has 1 heterocycles. The molecule has 0 unspecified atom stereocenters. The monoisotopic (exact) mass is 299 g/mol. The van der Waals surface area contributed by atoms with Crippen LogP contribution < -0.4 is 10.6 Å². The van der Waals surface area contributed by atoms with Gasteiger partial charge >= 0.3 is 0 Å². The predicted molar refractivity (Wildman–Crippen MR) is 73.3 cm³/mol. The molecule has 0 aliphatic heterocycles. The Morgan fingerprint density at radius 1 is 1.47 bits per heavy atom. The second-order valence-electron chi connectivity index (χ2n) is 4.78. The lowest BCUT2D eigenvalue weighted by Gasteiger charge is -2.21. The van der Waals surface area contributed by atoms with Crippen LogP contribution in [0.1, 0.15) is 38.1 Å². The van der Waals surface area contributed by atoms with Crippen LogP contribution in [0.5, 0.6) is 0 Å². The molecule has 0 aliphatic carbocycles. The molecule has 0 atom stereocenters. The zero-order chi connectivity index (χ0) is 13.1. The molecule has 0 saturated heterocycles. The van der Waals surface area contributed by atoms with Crippen molar-refractivity contribution in [2.75, 3.05) is 11.9 Å². The van der Waals surface area contributed by atoms with Crippen LogP contribution in [0.25, 0.3) is 0 Å². The summed E-state index contributed by atoms with van der Waals surface area (Å²) in [6.45, 7) is 8.54. The van der Waals surface area contributed by atoms with Crippen LogP contribution in [0.3, 0.4) is 0 Å². The number of anilines is 1. The van der Waals surface area contributed by atoms with Gasteiger partial charge in [0, 0.05) is 22.8 Å². The zero-order valence-electron chi connectivity index (χ0n) is 10.6. The summed E-state index contributed by atoms with van der Waals surface area (Å²) in [7, 11) is 0. The average Bonchev–Trinajstić information content (AvgIpc) is 2.18. The lowest BCUT2D eigenvalue weighted by atomic mass is 10.1. The zero-order valence-corrected chi connectivity index (χ0v) is 12.2. The molecule has 1 amide bonds. The maximum atomic E-state index is 12.1. The van der Waals surface area contributed by atoms with Gasteiger partial charge in [0.25, 0.3) is 5.91 Å². The number of aromatic nitrogens is 1. The highest BCUT2D eigenvalue weighted by molar-refractivity contribution is 9.10. The topological polar surface area (TPSA) is 54.0 Å². The number of carbonyl (C=O) groups excluding carboxylic acids is 1. The quantitative estimate of drug-likeness (QED) is 0.902. The summed E-state index contributed by atoms with van der Waals surface area (Å²) in [5, 5.41) is 6.00. The predicted octanol–water partition coefficient (Wildman–Crippen LogP) is 2.80. The smallest absolute Gasteiger partial charge is 0.255 e. The Morgan fingerprint density at radius 2 is 2.12 bits per heavy atom. The normalized spacial score (nSPS) is 11.1. The first kappa shape index (κ1) is 14.0. The number of amides is 1. The van der Waals surface area contributed by atoms with Gasteiger partial charge in [-0.3, -0.25) is 4.79 Å². The van der Waals surface area contributed by atoms with Crippen LogP contribution in [0.2, 0.25) is 0 Å². The van der Waals surface area contributed by atoms with E-state index in [1.165, 1.54) is 0 Å². The van der Waals surface area contributed by atoms with Crippen molar-refractivity contribution in [3.05, 3.63) is 22.3 Å². The Morgan fingerprint density at radius 3 is 2.65 bits per heavy atom. The van der Waals surface area contributed by atoms with E-state index in [2.05, 4.69) is 31.5 Å². The molecular formula is C12H18BrN3O. The third-order valence-electron chi connectivity index (χ3n) is 1.93. The minimum absolute atomic E-state index is 0.123. The van der Waals surface area contributed by atoms with Crippen molar-refractivity contribution >= 4 is 27.7 Å². The number of pyridine rings is 1. The van der Waals surface area contributed by atoms with E-state index in [1.807, 2.05) is 27.7 Å². The van der Waals surface area contributed by atoms with Crippen LogP contribution in [0.4, 0.5) is 5.82 Å². The molecule has 1 aromatic heterocycles. The van der Waals surface area contributed by atoms with Crippen LogP contribution in [0.15, 0.2) is 16.7 Å². The molecule has 0 saturated carbocycles. The number of hydrogen-bond donors (Lipinski definition) is 2. The van der Waals surface area contributed by atoms with E-state index in [0.717, 1.165) is 11.0 Å². The van der Waals surface area contributed by atoms with E-state index in [-0.39, 0.29) is 11.4 Å². The average molecular weight is 300 g/mol. The van der Waals surface area contributed by atoms with Crippen LogP contribution >= 0.6 is 15.9 Å². The molecule has 0 radical (unpaired) electrons. The second-order valence-corrected chi connectivity index (χ2v) is 5.70. The van der Waals surface area contributed by atoms with E-state index in [9.17, 15) is 4.79 Å². The molecule has 1 rings (SSSR count). The fourth-order valence-corrected chi connectivity index (χ4v) is 1.66. The largest absolute Gasteiger partial charge is 0.370 e. The first-order chi connectivity index (χ1) is 7.83.